The van der Waals surface area contributed by atoms with Crippen molar-refractivity contribution in [1.29, 1.82) is 0 Å². The molecule has 1 aromatic heterocycles. The first kappa shape index (κ1) is 12.2. The van der Waals surface area contributed by atoms with Crippen LogP contribution in [0.25, 0.3) is 5.57 Å². The quantitative estimate of drug-likeness (QED) is 0.761. The monoisotopic (exact) mass is 247 g/mol. The highest BCUT2D eigenvalue weighted by Gasteiger charge is 2.12. The average molecular weight is 247 g/mol. The van der Waals surface area contributed by atoms with E-state index in [1.54, 1.807) is 0 Å². The van der Waals surface area contributed by atoms with Crippen molar-refractivity contribution in [3.8, 4) is 0 Å². The van der Waals surface area contributed by atoms with E-state index in [0.29, 0.717) is 11.7 Å². The first-order valence-corrected chi connectivity index (χ1v) is 6.46. The van der Waals surface area contributed by atoms with Gasteiger partial charge in [0.1, 0.15) is 5.69 Å². The molecule has 0 fully saturated rings. The van der Waals surface area contributed by atoms with E-state index in [1.165, 1.54) is 17.6 Å². The van der Waals surface area contributed by atoms with Gasteiger partial charge in [0.2, 0.25) is 5.05 Å². The van der Waals surface area contributed by atoms with Crippen molar-refractivity contribution in [3.05, 3.63) is 35.2 Å². The van der Waals surface area contributed by atoms with Crippen molar-refractivity contribution in [3.63, 3.8) is 0 Å². The molecule has 17 heavy (non-hydrogen) atoms. The standard InChI is InChI=1S/C14H17NOS/c1-3-16-14(17)13-9-10(2)8-12(15-13)11-6-4-5-7-11/h6,8-9H,3-5,7H2,1-2H3. The van der Waals surface area contributed by atoms with E-state index >= 15 is 0 Å². The molecule has 0 amide bonds. The number of nitrogens with zero attached hydrogens (tertiary/aromatic N) is 1. The molecule has 0 spiro atoms. The zero-order chi connectivity index (χ0) is 12.3. The van der Waals surface area contributed by atoms with E-state index in [0.717, 1.165) is 24.2 Å². The molecule has 1 heterocycles. The SMILES string of the molecule is CCOC(=S)c1cc(C)cc(C2=CCCC2)n1. The van der Waals surface area contributed by atoms with Gasteiger partial charge in [0.05, 0.1) is 12.3 Å². The molecule has 0 saturated carbocycles. The summed E-state index contributed by atoms with van der Waals surface area (Å²) in [4.78, 5) is 4.60. The average Bonchev–Trinajstić information content (AvgIpc) is 2.82. The molecule has 0 N–H and O–H groups in total. The Morgan fingerprint density at radius 1 is 1.47 bits per heavy atom. The third-order valence-electron chi connectivity index (χ3n) is 2.82. The molecule has 2 rings (SSSR count). The van der Waals surface area contributed by atoms with Gasteiger partial charge in [-0.05, 0) is 68.6 Å². The molecule has 0 radical (unpaired) electrons. The molecule has 0 unspecified atom stereocenters. The molecule has 0 aliphatic heterocycles. The predicted octanol–water partition coefficient (Wildman–Crippen LogP) is 3.67. The smallest absolute Gasteiger partial charge is 0.210 e. The van der Waals surface area contributed by atoms with Gasteiger partial charge in [-0.3, -0.25) is 0 Å². The summed E-state index contributed by atoms with van der Waals surface area (Å²) in [6, 6.07) is 4.10. The largest absolute Gasteiger partial charge is 0.482 e. The molecular weight excluding hydrogens is 230 g/mol. The van der Waals surface area contributed by atoms with E-state index in [4.69, 9.17) is 17.0 Å². The summed E-state index contributed by atoms with van der Waals surface area (Å²) in [5.74, 6) is 0. The van der Waals surface area contributed by atoms with Crippen molar-refractivity contribution in [2.75, 3.05) is 6.61 Å². The third kappa shape index (κ3) is 2.91. The maximum atomic E-state index is 5.35. The highest BCUT2D eigenvalue weighted by atomic mass is 32.1. The fourth-order valence-electron chi connectivity index (χ4n) is 2.04. The summed E-state index contributed by atoms with van der Waals surface area (Å²) in [5.41, 5.74) is 4.36. The number of hydrogen-bond acceptors (Lipinski definition) is 3. The molecule has 1 aromatic rings. The molecule has 1 aliphatic carbocycles. The molecule has 0 atom stereocenters. The first-order chi connectivity index (χ1) is 8.20. The maximum absolute atomic E-state index is 5.35. The van der Waals surface area contributed by atoms with E-state index in [1.807, 2.05) is 13.0 Å². The number of ether oxygens (including phenoxy) is 1. The van der Waals surface area contributed by atoms with Gasteiger partial charge in [-0.15, -0.1) is 0 Å². The second-order valence-corrected chi connectivity index (χ2v) is 4.63. The van der Waals surface area contributed by atoms with E-state index < -0.39 is 0 Å². The third-order valence-corrected chi connectivity index (χ3v) is 3.15. The van der Waals surface area contributed by atoms with Gasteiger partial charge >= 0.3 is 0 Å². The fourth-order valence-corrected chi connectivity index (χ4v) is 2.27. The van der Waals surface area contributed by atoms with Crippen LogP contribution in [0.3, 0.4) is 0 Å². The number of rotatable bonds is 3. The Labute approximate surface area is 108 Å². The summed E-state index contributed by atoms with van der Waals surface area (Å²) in [6.45, 7) is 4.59. The molecule has 3 heteroatoms. The summed E-state index contributed by atoms with van der Waals surface area (Å²) in [6.07, 6.45) is 5.79. The summed E-state index contributed by atoms with van der Waals surface area (Å²) >= 11 is 5.21. The van der Waals surface area contributed by atoms with Crippen LogP contribution in [0.1, 0.15) is 43.1 Å². The van der Waals surface area contributed by atoms with Gasteiger partial charge in [0.15, 0.2) is 0 Å². The second-order valence-electron chi connectivity index (χ2n) is 4.26. The van der Waals surface area contributed by atoms with Crippen molar-refractivity contribution < 1.29 is 4.74 Å². The van der Waals surface area contributed by atoms with Crippen LogP contribution in [-0.4, -0.2) is 16.6 Å². The minimum Gasteiger partial charge on any atom is -0.482 e. The number of aryl methyl sites for hydroxylation is 1. The van der Waals surface area contributed by atoms with Crippen LogP contribution in [0.15, 0.2) is 18.2 Å². The van der Waals surface area contributed by atoms with Crippen molar-refractivity contribution in [2.45, 2.75) is 33.1 Å². The lowest BCUT2D eigenvalue weighted by Crippen LogP contribution is -2.07. The van der Waals surface area contributed by atoms with Gasteiger partial charge in [-0.1, -0.05) is 6.08 Å². The zero-order valence-corrected chi connectivity index (χ0v) is 11.1. The number of aromatic nitrogens is 1. The second kappa shape index (κ2) is 5.41. The molecule has 2 nitrogen and oxygen atoms in total. The zero-order valence-electron chi connectivity index (χ0n) is 10.3. The Bertz CT molecular complexity index is 465. The van der Waals surface area contributed by atoms with Crippen LogP contribution in [0.4, 0.5) is 0 Å². The lowest BCUT2D eigenvalue weighted by Gasteiger charge is -2.08. The summed E-state index contributed by atoms with van der Waals surface area (Å²) < 4.78 is 5.35. The Balaban J connectivity index is 2.32. The van der Waals surface area contributed by atoms with E-state index in [2.05, 4.69) is 24.1 Å². The highest BCUT2D eigenvalue weighted by Crippen LogP contribution is 2.27. The number of pyridine rings is 1. The molecule has 0 saturated heterocycles. The molecule has 90 valence electrons. The van der Waals surface area contributed by atoms with Crippen LogP contribution in [0, 0.1) is 6.92 Å². The first-order valence-electron chi connectivity index (χ1n) is 6.06. The lowest BCUT2D eigenvalue weighted by atomic mass is 10.1. The van der Waals surface area contributed by atoms with Gasteiger partial charge < -0.3 is 4.74 Å². The number of hydrogen-bond donors (Lipinski definition) is 0. The summed E-state index contributed by atoms with van der Waals surface area (Å²) in [7, 11) is 0. The van der Waals surface area contributed by atoms with Gasteiger partial charge in [-0.25, -0.2) is 4.98 Å². The predicted molar refractivity (Wildman–Crippen MR) is 74.1 cm³/mol. The van der Waals surface area contributed by atoms with Crippen LogP contribution >= 0.6 is 12.2 Å². The van der Waals surface area contributed by atoms with Crippen LogP contribution < -0.4 is 0 Å². The topological polar surface area (TPSA) is 22.1 Å². The lowest BCUT2D eigenvalue weighted by molar-refractivity contribution is 0.336. The van der Waals surface area contributed by atoms with Crippen molar-refractivity contribution in [2.24, 2.45) is 0 Å². The maximum Gasteiger partial charge on any atom is 0.210 e. The Morgan fingerprint density at radius 3 is 2.94 bits per heavy atom. The summed E-state index contributed by atoms with van der Waals surface area (Å²) in [5, 5.41) is 0.496. The molecule has 1 aliphatic rings. The molecule has 0 aromatic carbocycles. The van der Waals surface area contributed by atoms with Gasteiger partial charge in [0, 0.05) is 0 Å². The number of allylic oxidation sites excluding steroid dienone is 2. The van der Waals surface area contributed by atoms with E-state index in [-0.39, 0.29) is 0 Å². The minimum absolute atomic E-state index is 0.496. The van der Waals surface area contributed by atoms with Gasteiger partial charge in [0.25, 0.3) is 0 Å². The van der Waals surface area contributed by atoms with Gasteiger partial charge in [-0.2, -0.15) is 0 Å². The van der Waals surface area contributed by atoms with Crippen molar-refractivity contribution >= 4 is 22.8 Å². The Morgan fingerprint density at radius 2 is 2.29 bits per heavy atom. The van der Waals surface area contributed by atoms with E-state index in [9.17, 15) is 0 Å². The molecule has 0 bridgehead atoms. The Kier molecular flexibility index (Phi) is 3.89. The minimum atomic E-state index is 0.496. The number of thiocarbonyl (C=S) groups is 1. The fraction of sp³-hybridized carbons (Fsp3) is 0.429. The highest BCUT2D eigenvalue weighted by molar-refractivity contribution is 7.80. The Hall–Kier alpha value is -1.22. The van der Waals surface area contributed by atoms with Crippen LogP contribution in [0.5, 0.6) is 0 Å². The van der Waals surface area contributed by atoms with Crippen molar-refractivity contribution in [1.82, 2.24) is 4.98 Å². The van der Waals surface area contributed by atoms with Crippen LogP contribution in [-0.2, 0) is 4.74 Å². The molecular formula is C14H17NOS. The normalized spacial score (nSPS) is 14.6. The van der Waals surface area contributed by atoms with Crippen LogP contribution in [0.2, 0.25) is 0 Å².